The SMILES string of the molecule is CC(C)(C1CC(C(=O)NCc2ccc(Oc3ccccc3)cc2)C1)S(=O)(=O)c1cccc(C(F)(F)F)c1. The van der Waals surface area contributed by atoms with Crippen molar-refractivity contribution in [3.05, 3.63) is 90.0 Å². The Hall–Kier alpha value is -3.33. The van der Waals surface area contributed by atoms with Gasteiger partial charge in [-0.3, -0.25) is 4.79 Å². The van der Waals surface area contributed by atoms with Crippen LogP contribution in [0.2, 0.25) is 0 Å². The van der Waals surface area contributed by atoms with Gasteiger partial charge in [0, 0.05) is 12.5 Å². The van der Waals surface area contributed by atoms with Gasteiger partial charge in [-0.25, -0.2) is 8.42 Å². The maximum Gasteiger partial charge on any atom is 0.416 e. The number of halogens is 3. The van der Waals surface area contributed by atoms with Crippen molar-refractivity contribution in [3.63, 3.8) is 0 Å². The first kappa shape index (κ1) is 26.7. The molecule has 0 atom stereocenters. The van der Waals surface area contributed by atoms with Crippen LogP contribution in [0.4, 0.5) is 13.2 Å². The van der Waals surface area contributed by atoms with Crippen molar-refractivity contribution in [2.24, 2.45) is 11.8 Å². The minimum atomic E-state index is -4.63. The van der Waals surface area contributed by atoms with E-state index in [1.54, 1.807) is 0 Å². The molecule has 0 spiro atoms. The van der Waals surface area contributed by atoms with Crippen molar-refractivity contribution >= 4 is 15.7 Å². The summed E-state index contributed by atoms with van der Waals surface area (Å²) in [7, 11) is -4.06. The largest absolute Gasteiger partial charge is 0.457 e. The average molecular weight is 532 g/mol. The Morgan fingerprint density at radius 2 is 1.54 bits per heavy atom. The Bertz CT molecular complexity index is 1350. The third-order valence-corrected chi connectivity index (χ3v) is 9.62. The molecule has 0 aromatic heterocycles. The van der Waals surface area contributed by atoms with Gasteiger partial charge in [0.15, 0.2) is 9.84 Å². The first-order chi connectivity index (χ1) is 17.4. The van der Waals surface area contributed by atoms with Gasteiger partial charge in [0.2, 0.25) is 5.91 Å². The minimum absolute atomic E-state index is 0.173. The van der Waals surface area contributed by atoms with Gasteiger partial charge in [-0.15, -0.1) is 0 Å². The Morgan fingerprint density at radius 1 is 0.919 bits per heavy atom. The van der Waals surface area contributed by atoms with Crippen molar-refractivity contribution in [1.29, 1.82) is 0 Å². The summed E-state index contributed by atoms with van der Waals surface area (Å²) in [5.74, 6) is 0.528. The van der Waals surface area contributed by atoms with Gasteiger partial charge in [-0.2, -0.15) is 13.2 Å². The van der Waals surface area contributed by atoms with Crippen LogP contribution in [-0.4, -0.2) is 19.1 Å². The van der Waals surface area contributed by atoms with Crippen molar-refractivity contribution in [1.82, 2.24) is 5.32 Å². The number of benzene rings is 3. The molecule has 3 aromatic carbocycles. The first-order valence-electron chi connectivity index (χ1n) is 11.9. The van der Waals surface area contributed by atoms with Gasteiger partial charge in [0.05, 0.1) is 15.2 Å². The summed E-state index contributed by atoms with van der Waals surface area (Å²) in [6.07, 6.45) is -3.94. The quantitative estimate of drug-likeness (QED) is 0.366. The molecule has 4 rings (SSSR count). The zero-order valence-electron chi connectivity index (χ0n) is 20.5. The number of alkyl halides is 3. The van der Waals surface area contributed by atoms with Crippen molar-refractivity contribution < 1.29 is 31.1 Å². The Balaban J connectivity index is 1.31. The monoisotopic (exact) mass is 531 g/mol. The summed E-state index contributed by atoms with van der Waals surface area (Å²) >= 11 is 0. The van der Waals surface area contributed by atoms with E-state index >= 15 is 0 Å². The van der Waals surface area contributed by atoms with E-state index in [4.69, 9.17) is 4.74 Å². The fourth-order valence-corrected chi connectivity index (χ4v) is 6.17. The average Bonchev–Trinajstić information content (AvgIpc) is 2.82. The van der Waals surface area contributed by atoms with Crippen LogP contribution >= 0.6 is 0 Å². The lowest BCUT2D eigenvalue weighted by molar-refractivity contribution is -0.137. The molecule has 196 valence electrons. The molecular formula is C28H28F3NO4S. The number of amides is 1. The van der Waals surface area contributed by atoms with E-state index < -0.39 is 26.3 Å². The van der Waals surface area contributed by atoms with Crippen LogP contribution in [0.15, 0.2) is 83.8 Å². The molecule has 0 bridgehead atoms. The third-order valence-electron chi connectivity index (χ3n) is 7.03. The third kappa shape index (κ3) is 5.82. The Labute approximate surface area is 214 Å². The lowest BCUT2D eigenvalue weighted by Crippen LogP contribution is -2.50. The molecule has 0 aliphatic heterocycles. The molecule has 1 fully saturated rings. The molecule has 1 saturated carbocycles. The molecule has 0 heterocycles. The molecular weight excluding hydrogens is 503 g/mol. The maximum absolute atomic E-state index is 13.2. The number of carbonyl (C=O) groups is 1. The van der Waals surface area contributed by atoms with Crippen LogP contribution < -0.4 is 10.1 Å². The summed E-state index contributed by atoms with van der Waals surface area (Å²) in [4.78, 5) is 12.3. The molecule has 3 aromatic rings. The summed E-state index contributed by atoms with van der Waals surface area (Å²) in [5, 5.41) is 2.88. The Kier molecular flexibility index (Phi) is 7.37. The second-order valence-corrected chi connectivity index (χ2v) is 12.3. The summed E-state index contributed by atoms with van der Waals surface area (Å²) in [5.41, 5.74) is -0.119. The molecule has 1 aliphatic carbocycles. The lowest BCUT2D eigenvalue weighted by Gasteiger charge is -2.44. The lowest BCUT2D eigenvalue weighted by atomic mass is 9.68. The number of hydrogen-bond donors (Lipinski definition) is 1. The van der Waals surface area contributed by atoms with Gasteiger partial charge >= 0.3 is 6.18 Å². The summed E-state index contributed by atoms with van der Waals surface area (Å²) < 4.78 is 70.1. The first-order valence-corrected chi connectivity index (χ1v) is 13.4. The molecule has 0 radical (unpaired) electrons. The van der Waals surface area contributed by atoms with E-state index in [2.05, 4.69) is 5.32 Å². The van der Waals surface area contributed by atoms with Crippen LogP contribution in [0.3, 0.4) is 0 Å². The van der Waals surface area contributed by atoms with E-state index in [0.717, 1.165) is 23.4 Å². The van der Waals surface area contributed by atoms with E-state index in [1.165, 1.54) is 19.9 Å². The highest BCUT2D eigenvalue weighted by Gasteiger charge is 2.50. The van der Waals surface area contributed by atoms with Gasteiger partial charge in [-0.05, 0) is 80.6 Å². The van der Waals surface area contributed by atoms with E-state index in [0.29, 0.717) is 31.2 Å². The number of nitrogens with one attached hydrogen (secondary N) is 1. The van der Waals surface area contributed by atoms with E-state index in [9.17, 15) is 26.4 Å². The fraction of sp³-hybridized carbons (Fsp3) is 0.321. The van der Waals surface area contributed by atoms with Crippen LogP contribution in [0.25, 0.3) is 0 Å². The Morgan fingerprint density at radius 3 is 2.16 bits per heavy atom. The molecule has 37 heavy (non-hydrogen) atoms. The molecule has 9 heteroatoms. The number of para-hydroxylation sites is 1. The number of sulfone groups is 1. The zero-order valence-corrected chi connectivity index (χ0v) is 21.3. The molecule has 1 amide bonds. The molecule has 5 nitrogen and oxygen atoms in total. The number of hydrogen-bond acceptors (Lipinski definition) is 4. The van der Waals surface area contributed by atoms with Gasteiger partial charge in [0.25, 0.3) is 0 Å². The van der Waals surface area contributed by atoms with Crippen molar-refractivity contribution in [2.75, 3.05) is 0 Å². The smallest absolute Gasteiger partial charge is 0.416 e. The van der Waals surface area contributed by atoms with Gasteiger partial charge < -0.3 is 10.1 Å². The van der Waals surface area contributed by atoms with Crippen LogP contribution in [0.5, 0.6) is 11.5 Å². The van der Waals surface area contributed by atoms with Crippen LogP contribution in [0.1, 0.15) is 37.8 Å². The highest BCUT2D eigenvalue weighted by molar-refractivity contribution is 7.92. The highest BCUT2D eigenvalue weighted by atomic mass is 32.2. The number of ether oxygens (including phenoxy) is 1. The number of rotatable bonds is 8. The van der Waals surface area contributed by atoms with Gasteiger partial charge in [0.1, 0.15) is 11.5 Å². The fourth-order valence-electron chi connectivity index (χ4n) is 4.40. The standard InChI is InChI=1S/C28H28F3NO4S/c1-27(2,37(34,35)25-10-6-7-21(17-25)28(29,30)31)22-15-20(16-22)26(33)32-18-19-11-13-24(14-12-19)36-23-8-4-3-5-9-23/h3-14,17,20,22H,15-16,18H2,1-2H3,(H,32,33). The van der Waals surface area contributed by atoms with E-state index in [-0.39, 0.29) is 22.6 Å². The molecule has 1 N–H and O–H groups in total. The number of carbonyl (C=O) groups excluding carboxylic acids is 1. The highest BCUT2D eigenvalue weighted by Crippen LogP contribution is 2.47. The van der Waals surface area contributed by atoms with Crippen LogP contribution in [-0.2, 0) is 27.4 Å². The second kappa shape index (κ2) is 10.2. The second-order valence-electron chi connectivity index (χ2n) is 9.77. The maximum atomic E-state index is 13.2. The summed E-state index contributed by atoms with van der Waals surface area (Å²) in [6, 6.07) is 20.5. The predicted octanol–water partition coefficient (Wildman–Crippen LogP) is 6.39. The normalized spacial score (nSPS) is 18.1. The van der Waals surface area contributed by atoms with E-state index in [1.807, 2.05) is 54.6 Å². The van der Waals surface area contributed by atoms with Crippen molar-refractivity contribution in [3.8, 4) is 11.5 Å². The van der Waals surface area contributed by atoms with Crippen molar-refractivity contribution in [2.45, 2.75) is 49.1 Å². The predicted molar refractivity (Wildman–Crippen MR) is 134 cm³/mol. The van der Waals surface area contributed by atoms with Crippen LogP contribution in [0, 0.1) is 11.8 Å². The molecule has 1 aliphatic rings. The van der Waals surface area contributed by atoms with Gasteiger partial charge in [-0.1, -0.05) is 36.4 Å². The topological polar surface area (TPSA) is 72.5 Å². The molecule has 0 unspecified atom stereocenters. The summed E-state index contributed by atoms with van der Waals surface area (Å²) in [6.45, 7) is 3.35. The molecule has 0 saturated heterocycles. The zero-order chi connectivity index (χ0) is 26.8. The minimum Gasteiger partial charge on any atom is -0.457 e.